The lowest BCUT2D eigenvalue weighted by Gasteiger charge is -2.12. The van der Waals surface area contributed by atoms with Gasteiger partial charge in [0.2, 0.25) is 5.91 Å². The summed E-state index contributed by atoms with van der Waals surface area (Å²) in [5.74, 6) is 0.0307. The van der Waals surface area contributed by atoms with Gasteiger partial charge in [-0.2, -0.15) is 0 Å². The van der Waals surface area contributed by atoms with Crippen molar-refractivity contribution in [3.8, 4) is 0 Å². The first-order valence-corrected chi connectivity index (χ1v) is 8.76. The number of carbonyl (C=O) groups excluding carboxylic acids is 2. The van der Waals surface area contributed by atoms with Crippen LogP contribution >= 0.6 is 0 Å². The molecule has 0 radical (unpaired) electrons. The molecule has 0 saturated heterocycles. The Hall–Kier alpha value is -3.08. The number of aromatic nitrogens is 1. The van der Waals surface area contributed by atoms with Crippen LogP contribution in [0.4, 0.5) is 5.69 Å². The highest BCUT2D eigenvalue weighted by Gasteiger charge is 2.14. The Morgan fingerprint density at radius 1 is 1.04 bits per heavy atom. The van der Waals surface area contributed by atoms with E-state index in [9.17, 15) is 9.59 Å². The van der Waals surface area contributed by atoms with Crippen LogP contribution in [-0.4, -0.2) is 23.3 Å². The van der Waals surface area contributed by atoms with Crippen LogP contribution in [-0.2, 0) is 11.2 Å². The van der Waals surface area contributed by atoms with E-state index in [0.29, 0.717) is 23.7 Å². The summed E-state index contributed by atoms with van der Waals surface area (Å²) >= 11 is 0. The number of fused-ring (bicyclic) bond motifs is 1. The molecule has 3 rings (SSSR count). The van der Waals surface area contributed by atoms with Gasteiger partial charge in [-0.1, -0.05) is 44.2 Å². The average molecular weight is 349 g/mol. The van der Waals surface area contributed by atoms with Gasteiger partial charge in [0, 0.05) is 23.6 Å². The molecule has 0 aliphatic carbocycles. The van der Waals surface area contributed by atoms with Crippen molar-refractivity contribution in [3.05, 3.63) is 65.9 Å². The summed E-state index contributed by atoms with van der Waals surface area (Å²) < 4.78 is 0. The number of rotatable bonds is 6. The maximum Gasteiger partial charge on any atom is 0.253 e. The third-order valence-corrected chi connectivity index (χ3v) is 4.14. The molecule has 5 nitrogen and oxygen atoms in total. The second kappa shape index (κ2) is 7.87. The van der Waals surface area contributed by atoms with Gasteiger partial charge in [-0.15, -0.1) is 0 Å². The van der Waals surface area contributed by atoms with Crippen molar-refractivity contribution in [2.45, 2.75) is 20.3 Å². The van der Waals surface area contributed by atoms with E-state index in [4.69, 9.17) is 0 Å². The largest absolute Gasteiger partial charge is 0.361 e. The van der Waals surface area contributed by atoms with Gasteiger partial charge in [0.1, 0.15) is 0 Å². The topological polar surface area (TPSA) is 74.0 Å². The molecule has 3 aromatic rings. The van der Waals surface area contributed by atoms with Crippen LogP contribution in [0.2, 0.25) is 0 Å². The van der Waals surface area contributed by atoms with Gasteiger partial charge < -0.3 is 15.6 Å². The number of carbonyl (C=O) groups is 2. The maximum atomic E-state index is 12.5. The van der Waals surface area contributed by atoms with Crippen LogP contribution in [0.3, 0.4) is 0 Å². The standard InChI is InChI=1S/C21H23N3O2/c1-14(2)12-23-21(26)17-8-4-6-10-19(17)24-20(25)11-15-13-22-18-9-5-3-7-16(15)18/h3-10,13-14,22H,11-12H2,1-2H3,(H,23,26)(H,24,25). The molecule has 1 aromatic heterocycles. The first-order valence-electron chi connectivity index (χ1n) is 8.76. The van der Waals surface area contributed by atoms with Crippen molar-refractivity contribution in [3.63, 3.8) is 0 Å². The van der Waals surface area contributed by atoms with E-state index in [1.165, 1.54) is 0 Å². The van der Waals surface area contributed by atoms with Crippen molar-refractivity contribution in [1.29, 1.82) is 0 Å². The van der Waals surface area contributed by atoms with E-state index < -0.39 is 0 Å². The van der Waals surface area contributed by atoms with Gasteiger partial charge in [0.15, 0.2) is 0 Å². The highest BCUT2D eigenvalue weighted by Crippen LogP contribution is 2.20. The van der Waals surface area contributed by atoms with Crippen molar-refractivity contribution in [1.82, 2.24) is 10.3 Å². The molecule has 0 fully saturated rings. The van der Waals surface area contributed by atoms with Crippen LogP contribution in [0.5, 0.6) is 0 Å². The average Bonchev–Trinajstić information content (AvgIpc) is 3.03. The van der Waals surface area contributed by atoms with E-state index in [1.807, 2.05) is 44.3 Å². The summed E-state index contributed by atoms with van der Waals surface area (Å²) in [4.78, 5) is 28.1. The number of anilines is 1. The highest BCUT2D eigenvalue weighted by molar-refractivity contribution is 6.04. The van der Waals surface area contributed by atoms with Gasteiger partial charge in [0.25, 0.3) is 5.91 Å². The molecule has 26 heavy (non-hydrogen) atoms. The Labute approximate surface area is 152 Å². The SMILES string of the molecule is CC(C)CNC(=O)c1ccccc1NC(=O)Cc1c[nH]c2ccccc12. The summed E-state index contributed by atoms with van der Waals surface area (Å²) in [6, 6.07) is 14.9. The molecular weight excluding hydrogens is 326 g/mol. The number of benzene rings is 2. The fraction of sp³-hybridized carbons (Fsp3) is 0.238. The molecule has 0 atom stereocenters. The van der Waals surface area contributed by atoms with E-state index in [1.54, 1.807) is 24.3 Å². The molecule has 0 bridgehead atoms. The van der Waals surface area contributed by atoms with Crippen molar-refractivity contribution in [2.24, 2.45) is 5.92 Å². The molecule has 0 spiro atoms. The summed E-state index contributed by atoms with van der Waals surface area (Å²) in [5, 5.41) is 6.79. The molecule has 3 N–H and O–H groups in total. The monoisotopic (exact) mass is 349 g/mol. The predicted molar refractivity (Wildman–Crippen MR) is 104 cm³/mol. The number of amides is 2. The minimum atomic E-state index is -0.179. The third kappa shape index (κ3) is 4.11. The lowest BCUT2D eigenvalue weighted by atomic mass is 10.1. The summed E-state index contributed by atoms with van der Waals surface area (Å²) in [7, 11) is 0. The molecule has 0 aliphatic rings. The Morgan fingerprint density at radius 2 is 1.77 bits per heavy atom. The van der Waals surface area contributed by atoms with E-state index in [2.05, 4.69) is 15.6 Å². The second-order valence-corrected chi connectivity index (χ2v) is 6.73. The van der Waals surface area contributed by atoms with Crippen LogP contribution in [0.1, 0.15) is 29.8 Å². The van der Waals surface area contributed by atoms with Crippen LogP contribution in [0, 0.1) is 5.92 Å². The number of nitrogens with one attached hydrogen (secondary N) is 3. The van der Waals surface area contributed by atoms with Gasteiger partial charge >= 0.3 is 0 Å². The molecule has 5 heteroatoms. The van der Waals surface area contributed by atoms with Gasteiger partial charge in [-0.25, -0.2) is 0 Å². The Bertz CT molecular complexity index is 928. The molecule has 2 amide bonds. The number of H-pyrrole nitrogens is 1. The fourth-order valence-corrected chi connectivity index (χ4v) is 2.83. The highest BCUT2D eigenvalue weighted by atomic mass is 16.2. The molecule has 134 valence electrons. The molecule has 1 heterocycles. The zero-order valence-corrected chi connectivity index (χ0v) is 15.0. The normalized spacial score (nSPS) is 10.9. The van der Waals surface area contributed by atoms with Gasteiger partial charge in [-0.3, -0.25) is 9.59 Å². The summed E-state index contributed by atoms with van der Waals surface area (Å²) in [6.45, 7) is 4.67. The Morgan fingerprint density at radius 3 is 2.58 bits per heavy atom. The molecule has 0 unspecified atom stereocenters. The Kier molecular flexibility index (Phi) is 5.37. The smallest absolute Gasteiger partial charge is 0.253 e. The van der Waals surface area contributed by atoms with Crippen LogP contribution < -0.4 is 10.6 Å². The number of hydrogen-bond acceptors (Lipinski definition) is 2. The van der Waals surface area contributed by atoms with Crippen molar-refractivity contribution in [2.75, 3.05) is 11.9 Å². The van der Waals surface area contributed by atoms with E-state index >= 15 is 0 Å². The first-order chi connectivity index (χ1) is 12.5. The summed E-state index contributed by atoms with van der Waals surface area (Å²) in [5.41, 5.74) is 2.93. The minimum Gasteiger partial charge on any atom is -0.361 e. The molecular formula is C21H23N3O2. The Balaban J connectivity index is 1.72. The number of para-hydroxylation sites is 2. The third-order valence-electron chi connectivity index (χ3n) is 4.14. The quantitative estimate of drug-likeness (QED) is 0.634. The van der Waals surface area contributed by atoms with Crippen molar-refractivity contribution < 1.29 is 9.59 Å². The zero-order chi connectivity index (χ0) is 18.5. The molecule has 0 aliphatic heterocycles. The number of aromatic amines is 1. The lowest BCUT2D eigenvalue weighted by Crippen LogP contribution is -2.28. The zero-order valence-electron chi connectivity index (χ0n) is 15.0. The fourth-order valence-electron chi connectivity index (χ4n) is 2.83. The van der Waals surface area contributed by atoms with E-state index in [0.717, 1.165) is 16.5 Å². The maximum absolute atomic E-state index is 12.5. The number of hydrogen-bond donors (Lipinski definition) is 3. The lowest BCUT2D eigenvalue weighted by molar-refractivity contribution is -0.115. The minimum absolute atomic E-state index is 0.154. The predicted octanol–water partition coefficient (Wildman–Crippen LogP) is 3.73. The molecule has 0 saturated carbocycles. The van der Waals surface area contributed by atoms with Crippen LogP contribution in [0.15, 0.2) is 54.7 Å². The van der Waals surface area contributed by atoms with Gasteiger partial charge in [0.05, 0.1) is 17.7 Å². The molecule has 2 aromatic carbocycles. The summed E-state index contributed by atoms with van der Waals surface area (Å²) in [6.07, 6.45) is 2.09. The first kappa shape index (κ1) is 17.7. The van der Waals surface area contributed by atoms with Crippen LogP contribution in [0.25, 0.3) is 10.9 Å². The van der Waals surface area contributed by atoms with Gasteiger partial charge in [-0.05, 0) is 29.7 Å². The van der Waals surface area contributed by atoms with Crippen molar-refractivity contribution >= 4 is 28.4 Å². The van der Waals surface area contributed by atoms with E-state index in [-0.39, 0.29) is 18.2 Å². The second-order valence-electron chi connectivity index (χ2n) is 6.73.